The van der Waals surface area contributed by atoms with Crippen LogP contribution < -0.4 is 21.9 Å². The van der Waals surface area contributed by atoms with Crippen LogP contribution >= 0.6 is 0 Å². The molecule has 0 saturated carbocycles. The van der Waals surface area contributed by atoms with Crippen LogP contribution in [0, 0.1) is 0 Å². The molecule has 1 aliphatic heterocycles. The number of anilines is 1. The van der Waals surface area contributed by atoms with Gasteiger partial charge in [-0.1, -0.05) is 0 Å². The zero-order valence-electron chi connectivity index (χ0n) is 9.60. The molecule has 1 aromatic rings. The van der Waals surface area contributed by atoms with Gasteiger partial charge >= 0.3 is 0 Å². The lowest BCUT2D eigenvalue weighted by Gasteiger charge is -2.28. The normalized spacial score (nSPS) is 17.0. The summed E-state index contributed by atoms with van der Waals surface area (Å²) in [7, 11) is 0. The monoisotopic (exact) mass is 235 g/mol. The van der Waals surface area contributed by atoms with Crippen molar-refractivity contribution in [3.8, 4) is 0 Å². The SMILES string of the molecule is NNC(N)=Nc1ccc(N2CCOCC2)cc1. The summed E-state index contributed by atoms with van der Waals surface area (Å²) in [6.07, 6.45) is 0. The van der Waals surface area contributed by atoms with Gasteiger partial charge in [-0.3, -0.25) is 5.43 Å². The Bertz CT molecular complexity index is 383. The number of hydrogen-bond donors (Lipinski definition) is 3. The zero-order chi connectivity index (χ0) is 12.1. The molecule has 0 aromatic heterocycles. The van der Waals surface area contributed by atoms with E-state index in [4.69, 9.17) is 16.3 Å². The third-order valence-corrected chi connectivity index (χ3v) is 2.62. The molecule has 1 fully saturated rings. The van der Waals surface area contributed by atoms with Gasteiger partial charge in [-0.2, -0.15) is 0 Å². The molecule has 1 saturated heterocycles. The fourth-order valence-corrected chi connectivity index (χ4v) is 1.73. The Kier molecular flexibility index (Phi) is 3.79. The number of guanidine groups is 1. The largest absolute Gasteiger partial charge is 0.378 e. The molecule has 0 amide bonds. The number of rotatable bonds is 2. The first-order valence-electron chi connectivity index (χ1n) is 5.53. The Morgan fingerprint density at radius 2 is 1.88 bits per heavy atom. The van der Waals surface area contributed by atoms with Gasteiger partial charge in [0.2, 0.25) is 5.96 Å². The van der Waals surface area contributed by atoms with Gasteiger partial charge in [0, 0.05) is 18.8 Å². The molecule has 0 spiro atoms. The lowest BCUT2D eigenvalue weighted by Crippen LogP contribution is -2.36. The van der Waals surface area contributed by atoms with Gasteiger partial charge in [-0.05, 0) is 24.3 Å². The van der Waals surface area contributed by atoms with Gasteiger partial charge < -0.3 is 15.4 Å². The molecule has 0 bridgehead atoms. The number of hydrazine groups is 1. The van der Waals surface area contributed by atoms with Crippen molar-refractivity contribution in [3.63, 3.8) is 0 Å². The second-order valence-electron chi connectivity index (χ2n) is 3.76. The van der Waals surface area contributed by atoms with Crippen LogP contribution in [0.2, 0.25) is 0 Å². The molecule has 92 valence electrons. The first-order valence-corrected chi connectivity index (χ1v) is 5.53. The second-order valence-corrected chi connectivity index (χ2v) is 3.76. The smallest absolute Gasteiger partial charge is 0.208 e. The van der Waals surface area contributed by atoms with Gasteiger partial charge in [-0.15, -0.1) is 0 Å². The molecule has 0 radical (unpaired) electrons. The van der Waals surface area contributed by atoms with E-state index in [9.17, 15) is 0 Å². The van der Waals surface area contributed by atoms with Gasteiger partial charge in [-0.25, -0.2) is 10.8 Å². The second kappa shape index (κ2) is 5.51. The molecule has 0 aliphatic carbocycles. The third-order valence-electron chi connectivity index (χ3n) is 2.62. The first kappa shape index (κ1) is 11.7. The van der Waals surface area contributed by atoms with Crippen molar-refractivity contribution in [2.75, 3.05) is 31.2 Å². The van der Waals surface area contributed by atoms with E-state index < -0.39 is 0 Å². The summed E-state index contributed by atoms with van der Waals surface area (Å²) in [6, 6.07) is 7.87. The van der Waals surface area contributed by atoms with Crippen LogP contribution in [0.15, 0.2) is 29.3 Å². The summed E-state index contributed by atoms with van der Waals surface area (Å²) < 4.78 is 5.31. The van der Waals surface area contributed by atoms with Gasteiger partial charge in [0.1, 0.15) is 0 Å². The maximum atomic E-state index is 5.47. The number of aliphatic imine (C=N–C) groups is 1. The highest BCUT2D eigenvalue weighted by atomic mass is 16.5. The standard InChI is InChI=1S/C11H17N5O/c12-11(15-13)14-9-1-3-10(4-2-9)16-5-7-17-8-6-16/h1-4H,5-8,13H2,(H3,12,14,15). The van der Waals surface area contributed by atoms with Gasteiger partial charge in [0.05, 0.1) is 18.9 Å². The number of ether oxygens (including phenoxy) is 1. The topological polar surface area (TPSA) is 88.9 Å². The van der Waals surface area contributed by atoms with Crippen molar-refractivity contribution < 1.29 is 4.74 Å². The maximum absolute atomic E-state index is 5.47. The molecular weight excluding hydrogens is 218 g/mol. The Balaban J connectivity index is 2.07. The Hall–Kier alpha value is -1.79. The van der Waals surface area contributed by atoms with E-state index in [0.29, 0.717) is 0 Å². The van der Waals surface area contributed by atoms with E-state index in [1.54, 1.807) is 0 Å². The van der Waals surface area contributed by atoms with E-state index in [2.05, 4.69) is 15.3 Å². The predicted octanol–water partition coefficient (Wildman–Crippen LogP) is -0.0673. The fraction of sp³-hybridized carbons (Fsp3) is 0.364. The summed E-state index contributed by atoms with van der Waals surface area (Å²) in [5.41, 5.74) is 9.71. The molecule has 1 heterocycles. The average molecular weight is 235 g/mol. The summed E-state index contributed by atoms with van der Waals surface area (Å²) in [6.45, 7) is 3.41. The lowest BCUT2D eigenvalue weighted by atomic mass is 10.2. The highest BCUT2D eigenvalue weighted by Crippen LogP contribution is 2.20. The Morgan fingerprint density at radius 1 is 1.24 bits per heavy atom. The molecule has 17 heavy (non-hydrogen) atoms. The minimum Gasteiger partial charge on any atom is -0.378 e. The molecule has 6 nitrogen and oxygen atoms in total. The number of hydrogen-bond acceptors (Lipinski definition) is 4. The number of nitrogens with two attached hydrogens (primary N) is 2. The molecular formula is C11H17N5O. The molecule has 6 heteroatoms. The Labute approximate surface area is 100 Å². The van der Waals surface area contributed by atoms with Crippen LogP contribution in [0.4, 0.5) is 11.4 Å². The first-order chi connectivity index (χ1) is 8.29. The van der Waals surface area contributed by atoms with Crippen molar-refractivity contribution in [2.45, 2.75) is 0 Å². The Morgan fingerprint density at radius 3 is 2.47 bits per heavy atom. The van der Waals surface area contributed by atoms with Gasteiger partial charge in [0.25, 0.3) is 0 Å². The van der Waals surface area contributed by atoms with Crippen molar-refractivity contribution in [1.82, 2.24) is 5.43 Å². The minimum absolute atomic E-state index is 0.198. The van der Waals surface area contributed by atoms with E-state index in [0.717, 1.165) is 32.0 Å². The fourth-order valence-electron chi connectivity index (χ4n) is 1.73. The minimum atomic E-state index is 0.198. The summed E-state index contributed by atoms with van der Waals surface area (Å²) in [5, 5.41) is 0. The van der Waals surface area contributed by atoms with Crippen molar-refractivity contribution in [1.29, 1.82) is 0 Å². The molecule has 5 N–H and O–H groups in total. The number of nitrogens with zero attached hydrogens (tertiary/aromatic N) is 2. The summed E-state index contributed by atoms with van der Waals surface area (Å²) in [5.74, 6) is 5.34. The lowest BCUT2D eigenvalue weighted by molar-refractivity contribution is 0.122. The molecule has 0 unspecified atom stereocenters. The molecule has 1 aromatic carbocycles. The number of nitrogens with one attached hydrogen (secondary N) is 1. The number of morpholine rings is 1. The molecule has 0 atom stereocenters. The van der Waals surface area contributed by atoms with Crippen LogP contribution in [0.3, 0.4) is 0 Å². The van der Waals surface area contributed by atoms with Crippen LogP contribution in [-0.2, 0) is 4.74 Å². The molecule has 2 rings (SSSR count). The molecule has 1 aliphatic rings. The highest BCUT2D eigenvalue weighted by molar-refractivity contribution is 5.80. The van der Waals surface area contributed by atoms with Gasteiger partial charge in [0.15, 0.2) is 0 Å². The van der Waals surface area contributed by atoms with Crippen LogP contribution in [0.5, 0.6) is 0 Å². The van der Waals surface area contributed by atoms with Crippen LogP contribution in [-0.4, -0.2) is 32.3 Å². The average Bonchev–Trinajstić information content (AvgIpc) is 2.40. The van der Waals surface area contributed by atoms with Crippen LogP contribution in [0.1, 0.15) is 0 Å². The van der Waals surface area contributed by atoms with E-state index >= 15 is 0 Å². The van der Waals surface area contributed by atoms with Crippen molar-refractivity contribution in [2.24, 2.45) is 16.6 Å². The number of benzene rings is 1. The van der Waals surface area contributed by atoms with E-state index in [1.807, 2.05) is 24.3 Å². The third kappa shape index (κ3) is 3.08. The van der Waals surface area contributed by atoms with E-state index in [1.165, 1.54) is 5.69 Å². The van der Waals surface area contributed by atoms with Crippen molar-refractivity contribution >= 4 is 17.3 Å². The van der Waals surface area contributed by atoms with E-state index in [-0.39, 0.29) is 5.96 Å². The van der Waals surface area contributed by atoms with Crippen molar-refractivity contribution in [3.05, 3.63) is 24.3 Å². The summed E-state index contributed by atoms with van der Waals surface area (Å²) >= 11 is 0. The zero-order valence-corrected chi connectivity index (χ0v) is 9.60. The highest BCUT2D eigenvalue weighted by Gasteiger charge is 2.10. The predicted molar refractivity (Wildman–Crippen MR) is 68.1 cm³/mol. The quantitative estimate of drug-likeness (QED) is 0.289. The summed E-state index contributed by atoms with van der Waals surface area (Å²) in [4.78, 5) is 6.36. The van der Waals surface area contributed by atoms with Crippen LogP contribution in [0.25, 0.3) is 0 Å². The maximum Gasteiger partial charge on any atom is 0.208 e.